The molecule has 1 N–H and O–H groups in total. The summed E-state index contributed by atoms with van der Waals surface area (Å²) >= 11 is 0. The minimum atomic E-state index is -4.49. The summed E-state index contributed by atoms with van der Waals surface area (Å²) in [6, 6.07) is 8.13. The normalized spacial score (nSPS) is 12.7. The van der Waals surface area contributed by atoms with E-state index < -0.39 is 22.7 Å². The molecular weight excluding hydrogens is 421 g/mol. The Morgan fingerprint density at radius 3 is 2.63 bits per heavy atom. The summed E-state index contributed by atoms with van der Waals surface area (Å²) in [4.78, 5) is 12.7. The summed E-state index contributed by atoms with van der Waals surface area (Å²) < 4.78 is 64.3. The molecule has 154 valence electrons. The van der Waals surface area contributed by atoms with E-state index in [1.165, 1.54) is 32.0 Å². The van der Waals surface area contributed by atoms with Crippen LogP contribution in [0, 0.1) is 0 Å². The van der Waals surface area contributed by atoms with Crippen molar-refractivity contribution in [3.8, 4) is 17.0 Å². The van der Waals surface area contributed by atoms with Crippen molar-refractivity contribution < 1.29 is 26.5 Å². The number of fused-ring (bicyclic) bond motifs is 1. The molecule has 2 aromatic heterocycles. The van der Waals surface area contributed by atoms with Crippen LogP contribution in [0.1, 0.15) is 5.56 Å². The van der Waals surface area contributed by atoms with Crippen molar-refractivity contribution >= 4 is 27.9 Å². The summed E-state index contributed by atoms with van der Waals surface area (Å²) in [6.45, 7) is 0. The molecule has 1 atom stereocenters. The van der Waals surface area contributed by atoms with Gasteiger partial charge in [0.25, 0.3) is 0 Å². The first-order chi connectivity index (χ1) is 14.4. The highest BCUT2D eigenvalue weighted by molar-refractivity contribution is 7.86. The lowest BCUT2D eigenvalue weighted by Gasteiger charge is -2.13. The van der Waals surface area contributed by atoms with Gasteiger partial charge in [-0.3, -0.25) is 4.72 Å². The van der Waals surface area contributed by atoms with Crippen molar-refractivity contribution in [3.05, 3.63) is 60.7 Å². The minimum absolute atomic E-state index is 0.0306. The molecule has 0 radical (unpaired) electrons. The Bertz CT molecular complexity index is 1230. The molecule has 4 rings (SSSR count). The minimum Gasteiger partial charge on any atom is -0.496 e. The Labute approximate surface area is 170 Å². The zero-order valence-corrected chi connectivity index (χ0v) is 16.1. The van der Waals surface area contributed by atoms with E-state index >= 15 is 0 Å². The maximum absolute atomic E-state index is 13.0. The Hall–Kier alpha value is -3.47. The van der Waals surface area contributed by atoms with Crippen LogP contribution in [0.15, 0.2) is 64.5 Å². The first-order valence-electron chi connectivity index (χ1n) is 8.45. The first kappa shape index (κ1) is 19.8. The number of nitrogens with zero attached hydrogens (tertiary/aromatic N) is 3. The molecule has 11 heteroatoms. The predicted octanol–water partition coefficient (Wildman–Crippen LogP) is 4.45. The Kier molecular flexibility index (Phi) is 5.12. The van der Waals surface area contributed by atoms with E-state index in [-0.39, 0.29) is 11.8 Å². The lowest BCUT2D eigenvalue weighted by Crippen LogP contribution is -2.06. The van der Waals surface area contributed by atoms with Gasteiger partial charge in [0, 0.05) is 10.9 Å². The number of methoxy groups -OCH3 is 1. The van der Waals surface area contributed by atoms with Crippen molar-refractivity contribution in [2.45, 2.75) is 11.1 Å². The highest BCUT2D eigenvalue weighted by Gasteiger charge is 2.31. The number of oxazole rings is 1. The number of alkyl halides is 3. The van der Waals surface area contributed by atoms with Crippen LogP contribution in [0.25, 0.3) is 22.2 Å². The van der Waals surface area contributed by atoms with E-state index in [0.717, 1.165) is 12.1 Å². The smallest absolute Gasteiger partial charge is 0.416 e. The van der Waals surface area contributed by atoms with Crippen molar-refractivity contribution in [3.63, 3.8) is 0 Å². The number of nitrogens with one attached hydrogen (secondary N) is 1. The lowest BCUT2D eigenvalue weighted by atomic mass is 10.0. The van der Waals surface area contributed by atoms with Gasteiger partial charge in [-0.15, -0.1) is 0 Å². The van der Waals surface area contributed by atoms with Crippen LogP contribution in [0.5, 0.6) is 5.75 Å². The summed E-state index contributed by atoms with van der Waals surface area (Å²) in [5.74, 6) is 0.0306. The highest BCUT2D eigenvalue weighted by atomic mass is 32.2. The topological polar surface area (TPSA) is 90.1 Å². The van der Waals surface area contributed by atoms with Gasteiger partial charge in [0.1, 0.15) is 18.3 Å². The number of anilines is 1. The first-order valence-corrected chi connectivity index (χ1v) is 9.60. The number of halogens is 3. The van der Waals surface area contributed by atoms with Crippen molar-refractivity contribution in [2.75, 3.05) is 11.8 Å². The number of benzene rings is 2. The van der Waals surface area contributed by atoms with Crippen LogP contribution in [0.2, 0.25) is 0 Å². The zero-order chi connectivity index (χ0) is 21.3. The predicted molar refractivity (Wildman–Crippen MR) is 103 cm³/mol. The fourth-order valence-electron chi connectivity index (χ4n) is 2.84. The van der Waals surface area contributed by atoms with Crippen molar-refractivity contribution in [1.29, 1.82) is 0 Å². The largest absolute Gasteiger partial charge is 0.496 e. The van der Waals surface area contributed by atoms with Gasteiger partial charge in [-0.1, -0.05) is 0 Å². The van der Waals surface area contributed by atoms with Gasteiger partial charge in [-0.25, -0.2) is 19.2 Å². The Morgan fingerprint density at radius 1 is 1.10 bits per heavy atom. The number of hydrogen-bond acceptors (Lipinski definition) is 6. The summed E-state index contributed by atoms with van der Waals surface area (Å²) in [7, 11) is -0.366. The lowest BCUT2D eigenvalue weighted by molar-refractivity contribution is -0.137. The second-order valence-electron chi connectivity index (χ2n) is 6.02. The third-order valence-electron chi connectivity index (χ3n) is 4.22. The van der Waals surface area contributed by atoms with Gasteiger partial charge in [0.05, 0.1) is 35.0 Å². The average Bonchev–Trinajstić information content (AvgIpc) is 3.24. The van der Waals surface area contributed by atoms with Gasteiger partial charge in [0.15, 0.2) is 11.0 Å². The van der Waals surface area contributed by atoms with E-state index in [4.69, 9.17) is 9.15 Å². The molecule has 0 aliphatic heterocycles. The molecular formula is C19H13F3N4O3S. The van der Waals surface area contributed by atoms with Crippen LogP contribution < -0.4 is 9.46 Å². The Balaban J connectivity index is 1.75. The van der Waals surface area contributed by atoms with E-state index in [2.05, 4.69) is 19.7 Å². The number of aromatic nitrogens is 3. The van der Waals surface area contributed by atoms with Crippen LogP contribution in [0.4, 0.5) is 19.2 Å². The van der Waals surface area contributed by atoms with Crippen LogP contribution in [-0.4, -0.2) is 26.3 Å². The maximum atomic E-state index is 13.0. The third-order valence-corrected chi connectivity index (χ3v) is 5.26. The fraction of sp³-hybridized carbons (Fsp3) is 0.105. The van der Waals surface area contributed by atoms with E-state index in [9.17, 15) is 17.4 Å². The third kappa shape index (κ3) is 3.83. The van der Waals surface area contributed by atoms with Gasteiger partial charge in [0.2, 0.25) is 0 Å². The van der Waals surface area contributed by atoms with Crippen LogP contribution >= 0.6 is 0 Å². The molecule has 0 spiro atoms. The molecule has 2 heterocycles. The van der Waals surface area contributed by atoms with Gasteiger partial charge in [-0.2, -0.15) is 13.2 Å². The SMILES string of the molecule is COc1cc(C(F)(F)F)ccc1-c1ncnc2cc(S(=O)Nc3ncco3)ccc12. The Morgan fingerprint density at radius 2 is 1.93 bits per heavy atom. The number of hydrogen-bond donors (Lipinski definition) is 1. The molecule has 0 aliphatic rings. The van der Waals surface area contributed by atoms with E-state index in [1.807, 2.05) is 0 Å². The van der Waals surface area contributed by atoms with Gasteiger partial charge in [-0.05, 0) is 36.4 Å². The molecule has 0 aliphatic carbocycles. The molecule has 0 amide bonds. The standard InChI is InChI=1S/C19H13F3N4O3S/c1-28-16-8-11(19(20,21)22)2-4-14(16)17-13-5-3-12(9-15(13)24-10-25-17)30(27)26-18-23-6-7-29-18/h2-10H,1H3,(H,23,26). The quantitative estimate of drug-likeness (QED) is 0.499. The second kappa shape index (κ2) is 7.75. The zero-order valence-electron chi connectivity index (χ0n) is 15.3. The average molecular weight is 434 g/mol. The second-order valence-corrected chi connectivity index (χ2v) is 7.24. The fourth-order valence-corrected chi connectivity index (χ4v) is 3.63. The summed E-state index contributed by atoms with van der Waals surface area (Å²) in [6.07, 6.45) is -0.453. The molecule has 4 aromatic rings. The summed E-state index contributed by atoms with van der Waals surface area (Å²) in [5, 5.41) is 0.562. The van der Waals surface area contributed by atoms with Gasteiger partial charge < -0.3 is 9.15 Å². The van der Waals surface area contributed by atoms with E-state index in [0.29, 0.717) is 27.1 Å². The monoisotopic (exact) mass is 434 g/mol. The molecule has 0 fully saturated rings. The van der Waals surface area contributed by atoms with E-state index in [1.54, 1.807) is 18.2 Å². The molecule has 30 heavy (non-hydrogen) atoms. The van der Waals surface area contributed by atoms with Gasteiger partial charge >= 0.3 is 12.2 Å². The molecule has 0 saturated carbocycles. The molecule has 7 nitrogen and oxygen atoms in total. The highest BCUT2D eigenvalue weighted by Crippen LogP contribution is 2.38. The maximum Gasteiger partial charge on any atom is 0.416 e. The molecule has 0 saturated heterocycles. The number of ether oxygens (including phenoxy) is 1. The summed E-state index contributed by atoms with van der Waals surface area (Å²) in [5.41, 5.74) is 0.409. The molecule has 2 aromatic carbocycles. The van der Waals surface area contributed by atoms with Crippen LogP contribution in [0.3, 0.4) is 0 Å². The van der Waals surface area contributed by atoms with Crippen LogP contribution in [-0.2, 0) is 17.2 Å². The molecule has 0 bridgehead atoms. The van der Waals surface area contributed by atoms with Crippen molar-refractivity contribution in [1.82, 2.24) is 15.0 Å². The molecule has 1 unspecified atom stereocenters. The number of rotatable bonds is 5. The van der Waals surface area contributed by atoms with Crippen molar-refractivity contribution in [2.24, 2.45) is 0 Å².